The normalized spacial score (nSPS) is 13.8. The Morgan fingerprint density at radius 2 is 2.17 bits per heavy atom. The highest BCUT2D eigenvalue weighted by Gasteiger charge is 2.15. The number of hydrogen-bond acceptors (Lipinski definition) is 2. The first-order valence-corrected chi connectivity index (χ1v) is 7.17. The van der Waals surface area contributed by atoms with Gasteiger partial charge < -0.3 is 10.1 Å². The molecule has 3 nitrogen and oxygen atoms in total. The lowest BCUT2D eigenvalue weighted by atomic mass is 10.1. The van der Waals surface area contributed by atoms with Crippen molar-refractivity contribution in [3.05, 3.63) is 29.8 Å². The third-order valence-electron chi connectivity index (χ3n) is 2.67. The molecule has 4 heteroatoms. The summed E-state index contributed by atoms with van der Waals surface area (Å²) in [6.45, 7) is 6.54. The van der Waals surface area contributed by atoms with E-state index in [0.717, 1.165) is 17.7 Å². The molecule has 1 N–H and O–H groups in total. The molecule has 0 unspecified atom stereocenters. The summed E-state index contributed by atoms with van der Waals surface area (Å²) in [4.78, 5) is 11.6. The molecule has 0 aliphatic heterocycles. The van der Waals surface area contributed by atoms with Crippen LogP contribution in [-0.4, -0.2) is 17.3 Å². The Morgan fingerprint density at radius 1 is 1.44 bits per heavy atom. The molecule has 1 rings (SSSR count). The van der Waals surface area contributed by atoms with Crippen LogP contribution in [0.1, 0.15) is 38.8 Å². The lowest BCUT2D eigenvalue weighted by Gasteiger charge is -2.17. The fourth-order valence-electron chi connectivity index (χ4n) is 1.61. The van der Waals surface area contributed by atoms with Gasteiger partial charge in [-0.3, -0.25) is 4.79 Å². The maximum absolute atomic E-state index is 11.8. The maximum atomic E-state index is 11.8. The largest absolute Gasteiger partial charge is 0.494 e. The minimum atomic E-state index is -0.130. The Kier molecular flexibility index (Phi) is 6.19. The first-order valence-electron chi connectivity index (χ1n) is 6.25. The minimum absolute atomic E-state index is 0.0202. The van der Waals surface area contributed by atoms with Gasteiger partial charge in [0.25, 0.3) is 0 Å². The number of nitrogens with one attached hydrogen (secondary N) is 1. The summed E-state index contributed by atoms with van der Waals surface area (Å²) in [7, 11) is 0. The molecule has 0 heterocycles. The average molecular weight is 314 g/mol. The van der Waals surface area contributed by atoms with Crippen molar-refractivity contribution in [1.82, 2.24) is 5.32 Å². The van der Waals surface area contributed by atoms with Crippen LogP contribution in [0.3, 0.4) is 0 Å². The van der Waals surface area contributed by atoms with Crippen LogP contribution in [0.4, 0.5) is 0 Å². The number of carbonyl (C=O) groups excluding carboxylic acids is 1. The Labute approximate surface area is 117 Å². The molecule has 100 valence electrons. The second kappa shape index (κ2) is 7.41. The van der Waals surface area contributed by atoms with E-state index in [1.165, 1.54) is 0 Å². The van der Waals surface area contributed by atoms with E-state index < -0.39 is 0 Å². The molecule has 1 aromatic carbocycles. The number of ether oxygens (including phenoxy) is 1. The van der Waals surface area contributed by atoms with Crippen molar-refractivity contribution in [3.8, 4) is 5.75 Å². The molecule has 2 atom stereocenters. The molecule has 1 amide bonds. The smallest absolute Gasteiger partial charge is 0.234 e. The number of amides is 1. The quantitative estimate of drug-likeness (QED) is 0.817. The maximum Gasteiger partial charge on any atom is 0.234 e. The first kappa shape index (κ1) is 15.0. The summed E-state index contributed by atoms with van der Waals surface area (Å²) in [6, 6.07) is 7.78. The van der Waals surface area contributed by atoms with E-state index in [1.807, 2.05) is 45.0 Å². The second-order valence-electron chi connectivity index (χ2n) is 4.11. The van der Waals surface area contributed by atoms with Crippen molar-refractivity contribution < 1.29 is 9.53 Å². The number of hydrogen-bond donors (Lipinski definition) is 1. The van der Waals surface area contributed by atoms with Crippen molar-refractivity contribution in [1.29, 1.82) is 0 Å². The van der Waals surface area contributed by atoms with E-state index in [2.05, 4.69) is 21.2 Å². The fourth-order valence-corrected chi connectivity index (χ4v) is 1.75. The second-order valence-corrected chi connectivity index (χ2v) is 5.22. The SMILES string of the molecule is CCOc1cccc([C@@H](C)NC(=O)[C@H](Br)CC)c1. The van der Waals surface area contributed by atoms with E-state index >= 15 is 0 Å². The summed E-state index contributed by atoms with van der Waals surface area (Å²) in [5.41, 5.74) is 1.05. The molecule has 1 aromatic rings. The highest BCUT2D eigenvalue weighted by atomic mass is 79.9. The van der Waals surface area contributed by atoms with Gasteiger partial charge in [0, 0.05) is 0 Å². The van der Waals surface area contributed by atoms with Gasteiger partial charge in [-0.05, 0) is 38.0 Å². The lowest BCUT2D eigenvalue weighted by molar-refractivity contribution is -0.121. The third kappa shape index (κ3) is 4.33. The number of rotatable bonds is 6. The van der Waals surface area contributed by atoms with Crippen LogP contribution < -0.4 is 10.1 Å². The van der Waals surface area contributed by atoms with Crippen molar-refractivity contribution in [3.63, 3.8) is 0 Å². The van der Waals surface area contributed by atoms with Gasteiger partial charge >= 0.3 is 0 Å². The third-order valence-corrected chi connectivity index (χ3v) is 3.73. The van der Waals surface area contributed by atoms with Crippen LogP contribution in [0.5, 0.6) is 5.75 Å². The number of halogens is 1. The molecule has 0 radical (unpaired) electrons. The van der Waals surface area contributed by atoms with Gasteiger partial charge in [-0.15, -0.1) is 0 Å². The molecule has 0 saturated heterocycles. The molecule has 0 spiro atoms. The molecule has 0 saturated carbocycles. The van der Waals surface area contributed by atoms with Crippen LogP contribution >= 0.6 is 15.9 Å². The molecule has 18 heavy (non-hydrogen) atoms. The van der Waals surface area contributed by atoms with Gasteiger partial charge in [-0.1, -0.05) is 35.0 Å². The summed E-state index contributed by atoms with van der Waals surface area (Å²) in [6.07, 6.45) is 0.775. The van der Waals surface area contributed by atoms with Crippen LogP contribution in [0.2, 0.25) is 0 Å². The van der Waals surface area contributed by atoms with Crippen LogP contribution in [-0.2, 0) is 4.79 Å². The van der Waals surface area contributed by atoms with Gasteiger partial charge in [0.15, 0.2) is 0 Å². The zero-order valence-corrected chi connectivity index (χ0v) is 12.7. The van der Waals surface area contributed by atoms with E-state index in [4.69, 9.17) is 4.74 Å². The average Bonchev–Trinajstić information content (AvgIpc) is 2.38. The highest BCUT2D eigenvalue weighted by molar-refractivity contribution is 9.10. The van der Waals surface area contributed by atoms with Gasteiger partial charge in [0.1, 0.15) is 5.75 Å². The molecule has 0 aliphatic rings. The van der Waals surface area contributed by atoms with E-state index in [0.29, 0.717) is 6.61 Å². The number of alkyl halides is 1. The van der Waals surface area contributed by atoms with Crippen LogP contribution in [0, 0.1) is 0 Å². The predicted octanol–water partition coefficient (Wildman–Crippen LogP) is 3.44. The molecule has 0 aliphatic carbocycles. The number of benzene rings is 1. The van der Waals surface area contributed by atoms with E-state index in [1.54, 1.807) is 0 Å². The van der Waals surface area contributed by atoms with Crippen molar-refractivity contribution >= 4 is 21.8 Å². The van der Waals surface area contributed by atoms with Crippen LogP contribution in [0.15, 0.2) is 24.3 Å². The summed E-state index contributed by atoms with van der Waals surface area (Å²) in [5.74, 6) is 0.855. The first-order chi connectivity index (χ1) is 8.58. The Bertz CT molecular complexity index is 395. The van der Waals surface area contributed by atoms with Crippen LogP contribution in [0.25, 0.3) is 0 Å². The number of carbonyl (C=O) groups is 1. The summed E-state index contributed by atoms with van der Waals surface area (Å²) >= 11 is 3.35. The Hall–Kier alpha value is -1.03. The highest BCUT2D eigenvalue weighted by Crippen LogP contribution is 2.19. The van der Waals surface area contributed by atoms with Crippen molar-refractivity contribution in [2.75, 3.05) is 6.61 Å². The summed E-state index contributed by atoms with van der Waals surface area (Å²) < 4.78 is 5.45. The van der Waals surface area contributed by atoms with Crippen molar-refractivity contribution in [2.45, 2.75) is 38.1 Å². The molecular weight excluding hydrogens is 294 g/mol. The predicted molar refractivity (Wildman–Crippen MR) is 77.2 cm³/mol. The van der Waals surface area contributed by atoms with Crippen molar-refractivity contribution in [2.24, 2.45) is 0 Å². The fraction of sp³-hybridized carbons (Fsp3) is 0.500. The topological polar surface area (TPSA) is 38.3 Å². The van der Waals surface area contributed by atoms with E-state index in [9.17, 15) is 4.79 Å². The minimum Gasteiger partial charge on any atom is -0.494 e. The molecule has 0 bridgehead atoms. The van der Waals surface area contributed by atoms with Gasteiger partial charge in [-0.25, -0.2) is 0 Å². The summed E-state index contributed by atoms with van der Waals surface area (Å²) in [5, 5.41) is 2.97. The molecule has 0 fully saturated rings. The van der Waals surface area contributed by atoms with Gasteiger partial charge in [-0.2, -0.15) is 0 Å². The van der Waals surface area contributed by atoms with Gasteiger partial charge in [0.05, 0.1) is 17.5 Å². The van der Waals surface area contributed by atoms with Gasteiger partial charge in [0.2, 0.25) is 5.91 Å². The molecular formula is C14H20BrNO2. The monoisotopic (exact) mass is 313 g/mol. The zero-order valence-electron chi connectivity index (χ0n) is 11.1. The standard InChI is InChI=1S/C14H20BrNO2/c1-4-13(15)14(17)16-10(3)11-7-6-8-12(9-11)18-5-2/h6-10,13H,4-5H2,1-3H3,(H,16,17)/t10-,13-/m1/s1. The molecule has 0 aromatic heterocycles. The van der Waals surface area contributed by atoms with E-state index in [-0.39, 0.29) is 16.8 Å². The Balaban J connectivity index is 2.68. The Morgan fingerprint density at radius 3 is 2.78 bits per heavy atom. The zero-order chi connectivity index (χ0) is 13.5. The lowest BCUT2D eigenvalue weighted by Crippen LogP contribution is -2.32.